The van der Waals surface area contributed by atoms with Gasteiger partial charge in [0.05, 0.1) is 18.8 Å². The van der Waals surface area contributed by atoms with Crippen LogP contribution in [0.4, 0.5) is 0 Å². The highest BCUT2D eigenvalue weighted by Crippen LogP contribution is 2.25. The Morgan fingerprint density at radius 1 is 1.29 bits per heavy atom. The van der Waals surface area contributed by atoms with Gasteiger partial charge in [-0.25, -0.2) is 0 Å². The predicted octanol–water partition coefficient (Wildman–Crippen LogP) is 3.06. The Morgan fingerprint density at radius 2 is 2.14 bits per heavy atom. The van der Waals surface area contributed by atoms with Crippen LogP contribution in [-0.4, -0.2) is 23.1 Å². The number of benzene rings is 1. The van der Waals surface area contributed by atoms with Crippen molar-refractivity contribution in [1.82, 2.24) is 9.88 Å². The van der Waals surface area contributed by atoms with E-state index in [-0.39, 0.29) is 18.0 Å². The van der Waals surface area contributed by atoms with Crippen molar-refractivity contribution in [2.75, 3.05) is 6.54 Å². The molecular formula is C22H25ClN3O2+. The quantitative estimate of drug-likeness (QED) is 0.694. The third-order valence-electron chi connectivity index (χ3n) is 5.13. The molecular weight excluding hydrogens is 374 g/mol. The smallest absolute Gasteiger partial charge is 0.287 e. The van der Waals surface area contributed by atoms with Crippen LogP contribution in [0.15, 0.2) is 59.1 Å². The molecule has 5 nitrogen and oxygen atoms in total. The molecule has 0 bridgehead atoms. The molecule has 0 aliphatic carbocycles. The topological polar surface area (TPSA) is 51.6 Å². The van der Waals surface area contributed by atoms with E-state index in [2.05, 4.69) is 34.3 Å². The summed E-state index contributed by atoms with van der Waals surface area (Å²) in [4.78, 5) is 13.6. The standard InChI is InChI=1S/C22H24ClN3O2/c1-15(2)24-22(27)20-9-8-18(28-20)14-26-12-11-25-10-4-7-19(25)21(26)16-5-3-6-17(23)13-16/h3-10,13,15,21H,11-12,14H2,1-2H3,(H,24,27)/p+1/t21-/m1/s1. The fourth-order valence-electron chi connectivity index (χ4n) is 3.95. The number of nitrogens with zero attached hydrogens (tertiary/aromatic N) is 1. The van der Waals surface area contributed by atoms with Crippen LogP contribution in [0.5, 0.6) is 0 Å². The monoisotopic (exact) mass is 398 g/mol. The first-order valence-electron chi connectivity index (χ1n) is 9.66. The van der Waals surface area contributed by atoms with Crippen molar-refractivity contribution in [3.8, 4) is 0 Å². The lowest BCUT2D eigenvalue weighted by molar-refractivity contribution is -0.944. The van der Waals surface area contributed by atoms with Crippen LogP contribution in [0.3, 0.4) is 0 Å². The van der Waals surface area contributed by atoms with Crippen LogP contribution < -0.4 is 10.2 Å². The molecule has 0 spiro atoms. The van der Waals surface area contributed by atoms with Crippen LogP contribution in [0, 0.1) is 0 Å². The Bertz CT molecular complexity index is 976. The summed E-state index contributed by atoms with van der Waals surface area (Å²) in [5.74, 6) is 1.01. The van der Waals surface area contributed by atoms with Gasteiger partial charge < -0.3 is 19.2 Å². The summed E-state index contributed by atoms with van der Waals surface area (Å²) in [6.45, 7) is 6.50. The zero-order valence-corrected chi connectivity index (χ0v) is 16.9. The molecule has 1 aromatic carbocycles. The van der Waals surface area contributed by atoms with E-state index in [0.29, 0.717) is 12.3 Å². The highest BCUT2D eigenvalue weighted by molar-refractivity contribution is 6.30. The SMILES string of the molecule is CC(C)NC(=O)c1ccc(C[NH+]2CCn3cccc3[C@H]2c2cccc(Cl)c2)o1. The molecule has 6 heteroatoms. The van der Waals surface area contributed by atoms with Gasteiger partial charge in [-0.1, -0.05) is 23.7 Å². The lowest BCUT2D eigenvalue weighted by Crippen LogP contribution is -3.12. The molecule has 2 N–H and O–H groups in total. The first kappa shape index (κ1) is 18.8. The number of aromatic nitrogens is 1. The number of fused-ring (bicyclic) bond motifs is 1. The minimum Gasteiger partial charge on any atom is -0.450 e. The number of rotatable bonds is 5. The number of hydrogen-bond acceptors (Lipinski definition) is 2. The largest absolute Gasteiger partial charge is 0.450 e. The number of hydrogen-bond donors (Lipinski definition) is 2. The van der Waals surface area contributed by atoms with E-state index in [4.69, 9.17) is 16.0 Å². The fraction of sp³-hybridized carbons (Fsp3) is 0.318. The van der Waals surface area contributed by atoms with Crippen LogP contribution in [0.2, 0.25) is 5.02 Å². The average molecular weight is 399 g/mol. The zero-order chi connectivity index (χ0) is 19.7. The Hall–Kier alpha value is -2.50. The molecule has 2 atom stereocenters. The van der Waals surface area contributed by atoms with E-state index in [1.165, 1.54) is 16.2 Å². The van der Waals surface area contributed by atoms with E-state index < -0.39 is 0 Å². The molecule has 0 radical (unpaired) electrons. The highest BCUT2D eigenvalue weighted by atomic mass is 35.5. The molecule has 0 fully saturated rings. The molecule has 2 aromatic heterocycles. The van der Waals surface area contributed by atoms with E-state index >= 15 is 0 Å². The second kappa shape index (κ2) is 7.86. The summed E-state index contributed by atoms with van der Waals surface area (Å²) in [6, 6.07) is 16.2. The lowest BCUT2D eigenvalue weighted by atomic mass is 10.00. The molecule has 1 amide bonds. The van der Waals surface area contributed by atoms with E-state index in [1.54, 1.807) is 6.07 Å². The molecule has 3 aromatic rings. The van der Waals surface area contributed by atoms with Gasteiger partial charge >= 0.3 is 0 Å². The first-order chi connectivity index (χ1) is 13.5. The van der Waals surface area contributed by atoms with Crippen molar-refractivity contribution in [3.63, 3.8) is 0 Å². The molecule has 28 heavy (non-hydrogen) atoms. The molecule has 0 saturated heterocycles. The van der Waals surface area contributed by atoms with Crippen molar-refractivity contribution in [2.24, 2.45) is 0 Å². The number of quaternary nitrogens is 1. The summed E-state index contributed by atoms with van der Waals surface area (Å²) >= 11 is 6.27. The van der Waals surface area contributed by atoms with Crippen LogP contribution >= 0.6 is 11.6 Å². The third-order valence-corrected chi connectivity index (χ3v) is 5.37. The maximum atomic E-state index is 12.2. The molecule has 1 unspecified atom stereocenters. The summed E-state index contributed by atoms with van der Waals surface area (Å²) in [7, 11) is 0. The van der Waals surface area contributed by atoms with E-state index in [9.17, 15) is 4.79 Å². The lowest BCUT2D eigenvalue weighted by Gasteiger charge is -2.33. The van der Waals surface area contributed by atoms with E-state index in [0.717, 1.165) is 23.9 Å². The van der Waals surface area contributed by atoms with Crippen LogP contribution in [-0.2, 0) is 13.1 Å². The first-order valence-corrected chi connectivity index (χ1v) is 10.0. The zero-order valence-electron chi connectivity index (χ0n) is 16.1. The van der Waals surface area contributed by atoms with Gasteiger partial charge in [-0.3, -0.25) is 4.79 Å². The predicted molar refractivity (Wildman–Crippen MR) is 109 cm³/mol. The maximum Gasteiger partial charge on any atom is 0.287 e. The van der Waals surface area contributed by atoms with Crippen molar-refractivity contribution in [3.05, 3.63) is 82.5 Å². The maximum absolute atomic E-state index is 12.2. The average Bonchev–Trinajstić information content (AvgIpc) is 3.30. The van der Waals surface area contributed by atoms with Gasteiger partial charge in [0.2, 0.25) is 0 Å². The third kappa shape index (κ3) is 3.86. The van der Waals surface area contributed by atoms with Crippen molar-refractivity contribution >= 4 is 17.5 Å². The van der Waals surface area contributed by atoms with E-state index in [1.807, 2.05) is 38.1 Å². The van der Waals surface area contributed by atoms with Crippen LogP contribution in [0.25, 0.3) is 0 Å². The molecule has 4 rings (SSSR count). The van der Waals surface area contributed by atoms with Gasteiger partial charge in [0, 0.05) is 22.8 Å². The number of amides is 1. The van der Waals surface area contributed by atoms with Gasteiger partial charge in [-0.15, -0.1) is 0 Å². The van der Waals surface area contributed by atoms with Gasteiger partial charge in [-0.2, -0.15) is 0 Å². The second-order valence-corrected chi connectivity index (χ2v) is 8.03. The number of furan rings is 1. The van der Waals surface area contributed by atoms with Crippen molar-refractivity contribution < 1.29 is 14.1 Å². The highest BCUT2D eigenvalue weighted by Gasteiger charge is 2.33. The van der Waals surface area contributed by atoms with Gasteiger partial charge in [0.1, 0.15) is 6.54 Å². The van der Waals surface area contributed by atoms with Gasteiger partial charge in [0.25, 0.3) is 5.91 Å². The number of nitrogens with one attached hydrogen (secondary N) is 2. The molecule has 3 heterocycles. The summed E-state index contributed by atoms with van der Waals surface area (Å²) in [5.41, 5.74) is 2.46. The molecule has 1 aliphatic rings. The minimum absolute atomic E-state index is 0.0776. The fourth-order valence-corrected chi connectivity index (χ4v) is 4.14. The van der Waals surface area contributed by atoms with Gasteiger partial charge in [0.15, 0.2) is 17.6 Å². The number of carbonyl (C=O) groups excluding carboxylic acids is 1. The summed E-state index contributed by atoms with van der Waals surface area (Å²) in [6.07, 6.45) is 2.13. The van der Waals surface area contributed by atoms with Crippen LogP contribution in [0.1, 0.15) is 47.5 Å². The molecule has 0 saturated carbocycles. The Balaban J connectivity index is 1.60. The second-order valence-electron chi connectivity index (χ2n) is 7.59. The Labute approximate surface area is 169 Å². The minimum atomic E-state index is -0.171. The number of carbonyl (C=O) groups is 1. The van der Waals surface area contributed by atoms with Crippen molar-refractivity contribution in [1.29, 1.82) is 0 Å². The Morgan fingerprint density at radius 3 is 2.93 bits per heavy atom. The van der Waals surface area contributed by atoms with Crippen molar-refractivity contribution in [2.45, 2.75) is 39.0 Å². The summed E-state index contributed by atoms with van der Waals surface area (Å²) in [5, 5.41) is 3.61. The molecule has 146 valence electrons. The Kier molecular flexibility index (Phi) is 5.29. The van der Waals surface area contributed by atoms with Gasteiger partial charge in [-0.05, 0) is 50.2 Å². The summed E-state index contributed by atoms with van der Waals surface area (Å²) < 4.78 is 8.16. The number of halogens is 1. The molecule has 1 aliphatic heterocycles. The normalized spacial score (nSPS) is 18.9.